The molecule has 2 heterocycles. The first-order valence-corrected chi connectivity index (χ1v) is 13.2. The second-order valence-electron chi connectivity index (χ2n) is 10.8. The number of nitrogens with one attached hydrogen (secondary N) is 2. The van der Waals surface area contributed by atoms with Gasteiger partial charge in [0.2, 0.25) is 5.95 Å². The molecular weight excluding hydrogens is 478 g/mol. The summed E-state index contributed by atoms with van der Waals surface area (Å²) in [7, 11) is 1.65. The van der Waals surface area contributed by atoms with Crippen LogP contribution < -0.4 is 20.3 Å². The maximum absolute atomic E-state index is 12.7. The van der Waals surface area contributed by atoms with Crippen molar-refractivity contribution >= 4 is 23.4 Å². The number of rotatable bonds is 10. The minimum Gasteiger partial charge on any atom is -0.491 e. The Kier molecular flexibility index (Phi) is 8.84. The lowest BCUT2D eigenvalue weighted by atomic mass is 9.87. The van der Waals surface area contributed by atoms with E-state index >= 15 is 0 Å². The van der Waals surface area contributed by atoms with Crippen molar-refractivity contribution in [2.45, 2.75) is 39.5 Å². The number of amides is 1. The van der Waals surface area contributed by atoms with Crippen LogP contribution in [0.1, 0.15) is 48.7 Å². The Morgan fingerprint density at radius 2 is 1.82 bits per heavy atom. The van der Waals surface area contributed by atoms with Gasteiger partial charge in [-0.25, -0.2) is 4.98 Å². The first-order chi connectivity index (χ1) is 18.2. The largest absolute Gasteiger partial charge is 0.491 e. The number of aryl methyl sites for hydroxylation is 1. The van der Waals surface area contributed by atoms with E-state index in [0.29, 0.717) is 37.2 Å². The van der Waals surface area contributed by atoms with Gasteiger partial charge in [-0.1, -0.05) is 32.9 Å². The molecule has 8 nitrogen and oxygen atoms in total. The number of methoxy groups -OCH3 is 1. The minimum absolute atomic E-state index is 0.0243. The van der Waals surface area contributed by atoms with Gasteiger partial charge < -0.3 is 25.0 Å². The van der Waals surface area contributed by atoms with E-state index in [1.54, 1.807) is 7.11 Å². The monoisotopic (exact) mass is 517 g/mol. The molecule has 8 heteroatoms. The third kappa shape index (κ3) is 7.22. The molecule has 1 saturated heterocycles. The van der Waals surface area contributed by atoms with Crippen LogP contribution in [0.25, 0.3) is 0 Å². The third-order valence-electron chi connectivity index (χ3n) is 6.76. The van der Waals surface area contributed by atoms with Crippen LogP contribution >= 0.6 is 0 Å². The van der Waals surface area contributed by atoms with E-state index in [1.165, 1.54) is 5.56 Å². The molecule has 202 valence electrons. The summed E-state index contributed by atoms with van der Waals surface area (Å²) in [5.74, 6) is 2.60. The normalized spacial score (nSPS) is 15.4. The Bertz CT molecular complexity index is 1210. The van der Waals surface area contributed by atoms with E-state index in [-0.39, 0.29) is 11.3 Å². The average molecular weight is 518 g/mol. The molecule has 1 atom stereocenters. The van der Waals surface area contributed by atoms with Gasteiger partial charge in [0.15, 0.2) is 0 Å². The van der Waals surface area contributed by atoms with E-state index in [1.807, 2.05) is 61.7 Å². The molecule has 1 amide bonds. The van der Waals surface area contributed by atoms with Gasteiger partial charge in [0.05, 0.1) is 6.61 Å². The smallest absolute Gasteiger partial charge is 0.251 e. The summed E-state index contributed by atoms with van der Waals surface area (Å²) in [6, 6.07) is 15.6. The first-order valence-electron chi connectivity index (χ1n) is 13.2. The molecule has 0 spiro atoms. The average Bonchev–Trinajstić information content (AvgIpc) is 3.38. The fourth-order valence-electron chi connectivity index (χ4n) is 4.47. The van der Waals surface area contributed by atoms with Crippen molar-refractivity contribution in [3.8, 4) is 5.75 Å². The molecule has 0 saturated carbocycles. The predicted molar refractivity (Wildman–Crippen MR) is 152 cm³/mol. The molecule has 38 heavy (non-hydrogen) atoms. The molecular formula is C30H39N5O3. The molecule has 1 aromatic heterocycles. The topological polar surface area (TPSA) is 88.6 Å². The zero-order valence-corrected chi connectivity index (χ0v) is 23.1. The summed E-state index contributed by atoms with van der Waals surface area (Å²) in [6.45, 7) is 12.0. The van der Waals surface area contributed by atoms with Crippen LogP contribution in [0.3, 0.4) is 0 Å². The molecule has 4 rings (SSSR count). The first kappa shape index (κ1) is 27.4. The van der Waals surface area contributed by atoms with Gasteiger partial charge in [-0.15, -0.1) is 0 Å². The molecule has 2 aromatic carbocycles. The second kappa shape index (κ2) is 12.3. The predicted octanol–water partition coefficient (Wildman–Crippen LogP) is 5.11. The molecule has 1 fully saturated rings. The van der Waals surface area contributed by atoms with Gasteiger partial charge in [0.1, 0.15) is 18.2 Å². The van der Waals surface area contributed by atoms with Gasteiger partial charge in [0, 0.05) is 49.8 Å². The second-order valence-corrected chi connectivity index (χ2v) is 10.8. The number of benzene rings is 2. The van der Waals surface area contributed by atoms with E-state index < -0.39 is 0 Å². The number of carbonyl (C=O) groups is 1. The van der Waals surface area contributed by atoms with E-state index in [2.05, 4.69) is 41.3 Å². The van der Waals surface area contributed by atoms with Crippen molar-refractivity contribution in [1.82, 2.24) is 15.3 Å². The number of hydrogen-bond acceptors (Lipinski definition) is 7. The Labute approximate surface area is 225 Å². The Balaban J connectivity index is 1.31. The summed E-state index contributed by atoms with van der Waals surface area (Å²) in [5, 5.41) is 6.41. The van der Waals surface area contributed by atoms with Crippen molar-refractivity contribution < 1.29 is 14.3 Å². The van der Waals surface area contributed by atoms with E-state index in [9.17, 15) is 4.79 Å². The van der Waals surface area contributed by atoms with Gasteiger partial charge in [-0.3, -0.25) is 4.79 Å². The molecule has 1 aliphatic rings. The molecule has 0 bridgehead atoms. The van der Waals surface area contributed by atoms with Gasteiger partial charge in [-0.2, -0.15) is 4.98 Å². The highest BCUT2D eigenvalue weighted by Crippen LogP contribution is 2.27. The summed E-state index contributed by atoms with van der Waals surface area (Å²) < 4.78 is 10.6. The number of nitrogens with zero attached hydrogens (tertiary/aromatic N) is 3. The highest BCUT2D eigenvalue weighted by atomic mass is 16.5. The van der Waals surface area contributed by atoms with Gasteiger partial charge in [-0.05, 0) is 66.6 Å². The minimum atomic E-state index is -0.0243. The van der Waals surface area contributed by atoms with Crippen LogP contribution in [-0.4, -0.2) is 55.8 Å². The number of anilines is 3. The van der Waals surface area contributed by atoms with E-state index in [0.717, 1.165) is 42.3 Å². The highest BCUT2D eigenvalue weighted by Gasteiger charge is 2.25. The fraction of sp³-hybridized carbons (Fsp3) is 0.433. The summed E-state index contributed by atoms with van der Waals surface area (Å²) >= 11 is 0. The molecule has 1 unspecified atom stereocenters. The van der Waals surface area contributed by atoms with Crippen LogP contribution in [0.4, 0.5) is 17.5 Å². The Hall–Kier alpha value is -3.65. The molecule has 1 aliphatic heterocycles. The SMILES string of the molecule is COCCOc1ccc(Nc2ncc(C)c(N3CCC(CNC(=O)c4ccc(C(C)(C)C)cc4)C3)n2)cc1. The molecule has 0 radical (unpaired) electrons. The number of carbonyl (C=O) groups excluding carboxylic acids is 1. The zero-order valence-electron chi connectivity index (χ0n) is 23.1. The van der Waals surface area contributed by atoms with Crippen LogP contribution in [-0.2, 0) is 10.2 Å². The van der Waals surface area contributed by atoms with Crippen molar-refractivity contribution in [2.75, 3.05) is 50.2 Å². The van der Waals surface area contributed by atoms with Gasteiger partial charge >= 0.3 is 0 Å². The quantitative estimate of drug-likeness (QED) is 0.361. The molecule has 2 N–H and O–H groups in total. The number of ether oxygens (including phenoxy) is 2. The van der Waals surface area contributed by atoms with Crippen molar-refractivity contribution in [3.63, 3.8) is 0 Å². The number of aromatic nitrogens is 2. The zero-order chi connectivity index (χ0) is 27.1. The Morgan fingerprint density at radius 3 is 2.50 bits per heavy atom. The van der Waals surface area contributed by atoms with E-state index in [4.69, 9.17) is 14.5 Å². The summed E-state index contributed by atoms with van der Waals surface area (Å²) in [5.41, 5.74) is 3.90. The van der Waals surface area contributed by atoms with Crippen LogP contribution in [0.5, 0.6) is 5.75 Å². The lowest BCUT2D eigenvalue weighted by molar-refractivity contribution is 0.0948. The standard InChI is InChI=1S/C30H39N5O3/c1-21-18-32-29(33-25-10-12-26(13-11-25)38-17-16-37-5)34-27(21)35-15-14-22(20-35)19-31-28(36)23-6-8-24(9-7-23)30(2,3)4/h6-13,18,22H,14-17,19-20H2,1-5H3,(H,31,36)(H,32,33,34). The lowest BCUT2D eigenvalue weighted by Crippen LogP contribution is -2.31. The van der Waals surface area contributed by atoms with Crippen molar-refractivity contribution in [1.29, 1.82) is 0 Å². The van der Waals surface area contributed by atoms with Crippen molar-refractivity contribution in [2.24, 2.45) is 5.92 Å². The number of hydrogen-bond donors (Lipinski definition) is 2. The molecule has 0 aliphatic carbocycles. The maximum Gasteiger partial charge on any atom is 0.251 e. The van der Waals surface area contributed by atoms with Crippen LogP contribution in [0.15, 0.2) is 54.7 Å². The van der Waals surface area contributed by atoms with Crippen LogP contribution in [0.2, 0.25) is 0 Å². The maximum atomic E-state index is 12.7. The molecule has 3 aromatic rings. The van der Waals surface area contributed by atoms with Crippen LogP contribution in [0, 0.1) is 12.8 Å². The fourth-order valence-corrected chi connectivity index (χ4v) is 4.47. The summed E-state index contributed by atoms with van der Waals surface area (Å²) in [4.78, 5) is 24.3. The summed E-state index contributed by atoms with van der Waals surface area (Å²) in [6.07, 6.45) is 2.85. The van der Waals surface area contributed by atoms with Gasteiger partial charge in [0.25, 0.3) is 5.91 Å². The highest BCUT2D eigenvalue weighted by molar-refractivity contribution is 5.94. The third-order valence-corrected chi connectivity index (χ3v) is 6.76. The lowest BCUT2D eigenvalue weighted by Gasteiger charge is -2.20. The Morgan fingerprint density at radius 1 is 1.08 bits per heavy atom. The van der Waals surface area contributed by atoms with Crippen molar-refractivity contribution in [3.05, 3.63) is 71.4 Å².